The molecule has 3 aromatic carbocycles. The van der Waals surface area contributed by atoms with Gasteiger partial charge in [-0.15, -0.1) is 0 Å². The minimum absolute atomic E-state index is 0.198. The summed E-state index contributed by atoms with van der Waals surface area (Å²) in [5.41, 5.74) is 8.82. The number of anilines is 1. The summed E-state index contributed by atoms with van der Waals surface area (Å²) in [5.74, 6) is -0.0972. The minimum atomic E-state index is -0.295. The zero-order valence-electron chi connectivity index (χ0n) is 22.6. The van der Waals surface area contributed by atoms with E-state index in [-0.39, 0.29) is 11.9 Å². The maximum absolute atomic E-state index is 12.6. The van der Waals surface area contributed by atoms with Crippen LogP contribution in [0.15, 0.2) is 88.5 Å². The number of nitrogens with zero attached hydrogens (tertiary/aromatic N) is 6. The zero-order valence-corrected chi connectivity index (χ0v) is 23.4. The van der Waals surface area contributed by atoms with Crippen LogP contribution in [0.5, 0.6) is 0 Å². The minimum Gasteiger partial charge on any atom is -0.377 e. The Morgan fingerprint density at radius 3 is 2.51 bits per heavy atom. The fourth-order valence-electron chi connectivity index (χ4n) is 4.67. The van der Waals surface area contributed by atoms with Gasteiger partial charge in [0.25, 0.3) is 5.91 Å². The Labute approximate surface area is 240 Å². The van der Waals surface area contributed by atoms with E-state index in [1.807, 2.05) is 38.2 Å². The number of nitrogens with one attached hydrogen (secondary N) is 2. The van der Waals surface area contributed by atoms with Gasteiger partial charge in [-0.2, -0.15) is 11.3 Å². The fraction of sp³-hybridized carbons (Fsp3) is 0.167. The second-order valence-electron chi connectivity index (χ2n) is 9.48. The van der Waals surface area contributed by atoms with Crippen molar-refractivity contribution in [1.29, 1.82) is 0 Å². The molecule has 11 heteroatoms. The predicted molar refractivity (Wildman–Crippen MR) is 159 cm³/mol. The summed E-state index contributed by atoms with van der Waals surface area (Å²) in [6.07, 6.45) is 0. The molecule has 0 atom stereocenters. The van der Waals surface area contributed by atoms with Gasteiger partial charge in [-0.3, -0.25) is 10.1 Å². The molecule has 10 nitrogen and oxygen atoms in total. The second-order valence-corrected chi connectivity index (χ2v) is 10.3. The molecule has 6 rings (SSSR count). The molecule has 1 amide bonds. The monoisotopic (exact) mass is 564 g/mol. The Kier molecular flexibility index (Phi) is 7.52. The summed E-state index contributed by atoms with van der Waals surface area (Å²) in [7, 11) is 2.04. The number of carbonyl (C=O) groups is 1. The third-order valence-corrected chi connectivity index (χ3v) is 7.47. The van der Waals surface area contributed by atoms with Crippen LogP contribution >= 0.6 is 11.3 Å². The number of ether oxygens (including phenoxy) is 1. The number of aromatic nitrogens is 6. The predicted octanol–water partition coefficient (Wildman–Crippen LogP) is 5.29. The normalized spacial score (nSPS) is 11.8. The molecule has 0 aliphatic heterocycles. The van der Waals surface area contributed by atoms with Crippen molar-refractivity contribution in [3.05, 3.63) is 106 Å². The molecule has 2 N–H and O–H groups in total. The van der Waals surface area contributed by atoms with Crippen LogP contribution in [-0.2, 0) is 24.9 Å². The summed E-state index contributed by atoms with van der Waals surface area (Å²) in [6.45, 7) is 3.79. The van der Waals surface area contributed by atoms with Crippen molar-refractivity contribution in [2.24, 2.45) is 12.0 Å². The van der Waals surface area contributed by atoms with Crippen LogP contribution < -0.4 is 10.9 Å². The molecule has 0 aliphatic rings. The summed E-state index contributed by atoms with van der Waals surface area (Å²) >= 11 is 1.69. The molecule has 0 saturated carbocycles. The van der Waals surface area contributed by atoms with E-state index in [1.165, 1.54) is 11.1 Å². The Hall–Kier alpha value is -4.87. The lowest BCUT2D eigenvalue weighted by Gasteiger charge is -2.08. The Bertz CT molecular complexity index is 1840. The number of hydrogen-bond acceptors (Lipinski definition) is 7. The number of imidazole rings is 1. The first-order valence-corrected chi connectivity index (χ1v) is 14.1. The fourth-order valence-corrected chi connectivity index (χ4v) is 5.34. The number of carbonyl (C=O) groups excluding carboxylic acids is 1. The van der Waals surface area contributed by atoms with Gasteiger partial charge in [0.1, 0.15) is 0 Å². The number of hydrogen-bond donors (Lipinski definition) is 2. The quantitative estimate of drug-likeness (QED) is 0.248. The molecule has 0 spiro atoms. The van der Waals surface area contributed by atoms with Gasteiger partial charge in [-0.05, 0) is 92.8 Å². The van der Waals surface area contributed by atoms with Crippen LogP contribution in [0.4, 0.5) is 11.6 Å². The van der Waals surface area contributed by atoms with Crippen LogP contribution in [0.2, 0.25) is 0 Å². The number of thiophene rings is 1. The van der Waals surface area contributed by atoms with Gasteiger partial charge in [0.2, 0.25) is 11.6 Å². The smallest absolute Gasteiger partial charge is 0.258 e. The Morgan fingerprint density at radius 2 is 1.80 bits per heavy atom. The van der Waals surface area contributed by atoms with E-state index in [2.05, 4.69) is 82.2 Å². The second kappa shape index (κ2) is 11.7. The molecule has 0 bridgehead atoms. The largest absolute Gasteiger partial charge is 0.377 e. The number of benzene rings is 3. The van der Waals surface area contributed by atoms with Crippen LogP contribution in [0.3, 0.4) is 0 Å². The van der Waals surface area contributed by atoms with Gasteiger partial charge in [0.05, 0.1) is 29.9 Å². The highest BCUT2D eigenvalue weighted by atomic mass is 32.1. The molecule has 0 saturated heterocycles. The number of rotatable bonds is 9. The first-order chi connectivity index (χ1) is 20.1. The topological polar surface area (TPSA) is 115 Å². The summed E-state index contributed by atoms with van der Waals surface area (Å²) in [5, 5.41) is 20.0. The molecule has 0 fully saturated rings. The highest BCUT2D eigenvalue weighted by Crippen LogP contribution is 2.25. The van der Waals surface area contributed by atoms with E-state index < -0.39 is 0 Å². The standard InChI is InChI=1S/C30H28N8O2S/c1-3-40-18-21-6-13-26-27(16-21)37(2)30(31-25-11-9-22(10-12-25)24-14-15-41-19-24)38(26)17-20-4-7-23(8-5-20)28(39)32-29-33-35-36-34-29/h4-16,19H,3,17-18H2,1-2H3,(H2,32,33,34,35,36,39). The van der Waals surface area contributed by atoms with Crippen molar-refractivity contribution in [3.8, 4) is 11.1 Å². The summed E-state index contributed by atoms with van der Waals surface area (Å²) in [4.78, 5) is 17.6. The third kappa shape index (κ3) is 5.72. The Balaban J connectivity index is 1.36. The molecule has 3 heterocycles. The van der Waals surface area contributed by atoms with Gasteiger partial charge in [0.15, 0.2) is 0 Å². The number of aryl methyl sites for hydroxylation is 1. The zero-order chi connectivity index (χ0) is 28.2. The van der Waals surface area contributed by atoms with Crippen molar-refractivity contribution in [2.45, 2.75) is 20.1 Å². The van der Waals surface area contributed by atoms with Crippen LogP contribution in [-0.4, -0.2) is 42.3 Å². The molecular formula is C30H28N8O2S. The summed E-state index contributed by atoms with van der Waals surface area (Å²) < 4.78 is 9.97. The third-order valence-electron chi connectivity index (χ3n) is 6.79. The summed E-state index contributed by atoms with van der Waals surface area (Å²) in [6, 6.07) is 24.3. The van der Waals surface area contributed by atoms with Gasteiger partial charge in [-0.25, -0.2) is 10.1 Å². The SMILES string of the molecule is CCOCc1ccc2c(c1)n(C)c(=Nc1ccc(-c3ccsc3)cc1)n2Cc1ccc(C(=O)Nc2nnn[nH]2)cc1. The number of fused-ring (bicyclic) bond motifs is 1. The number of tetrazole rings is 1. The lowest BCUT2D eigenvalue weighted by molar-refractivity contribution is 0.102. The molecule has 41 heavy (non-hydrogen) atoms. The molecule has 206 valence electrons. The molecular weight excluding hydrogens is 536 g/mol. The average molecular weight is 565 g/mol. The number of amides is 1. The van der Waals surface area contributed by atoms with Crippen molar-refractivity contribution in [1.82, 2.24) is 29.8 Å². The maximum atomic E-state index is 12.6. The van der Waals surface area contributed by atoms with Gasteiger partial charge in [0, 0.05) is 19.2 Å². The van der Waals surface area contributed by atoms with E-state index in [0.29, 0.717) is 25.3 Å². The van der Waals surface area contributed by atoms with E-state index >= 15 is 0 Å². The van der Waals surface area contributed by atoms with E-state index in [4.69, 9.17) is 9.73 Å². The number of H-pyrrole nitrogens is 1. The molecule has 0 aliphatic carbocycles. The highest BCUT2D eigenvalue weighted by Gasteiger charge is 2.13. The van der Waals surface area contributed by atoms with E-state index in [0.717, 1.165) is 33.5 Å². The van der Waals surface area contributed by atoms with Gasteiger partial charge in [-0.1, -0.05) is 35.4 Å². The first kappa shape index (κ1) is 26.4. The Morgan fingerprint density at radius 1 is 1.00 bits per heavy atom. The van der Waals surface area contributed by atoms with E-state index in [1.54, 1.807) is 23.5 Å². The van der Waals surface area contributed by atoms with Crippen molar-refractivity contribution < 1.29 is 9.53 Å². The van der Waals surface area contributed by atoms with Crippen molar-refractivity contribution in [3.63, 3.8) is 0 Å². The van der Waals surface area contributed by atoms with Gasteiger partial charge >= 0.3 is 0 Å². The lowest BCUT2D eigenvalue weighted by atomic mass is 10.1. The highest BCUT2D eigenvalue weighted by molar-refractivity contribution is 7.08. The average Bonchev–Trinajstić information content (AvgIpc) is 3.77. The molecule has 0 radical (unpaired) electrons. The number of aromatic amines is 1. The lowest BCUT2D eigenvalue weighted by Crippen LogP contribution is -2.24. The van der Waals surface area contributed by atoms with Crippen molar-refractivity contribution >= 4 is 39.9 Å². The van der Waals surface area contributed by atoms with Crippen LogP contribution in [0.1, 0.15) is 28.4 Å². The maximum Gasteiger partial charge on any atom is 0.258 e. The van der Waals surface area contributed by atoms with Crippen molar-refractivity contribution in [2.75, 3.05) is 11.9 Å². The molecule has 3 aromatic heterocycles. The van der Waals surface area contributed by atoms with Gasteiger partial charge < -0.3 is 13.9 Å². The van der Waals surface area contributed by atoms with Crippen LogP contribution in [0, 0.1) is 0 Å². The first-order valence-electron chi connectivity index (χ1n) is 13.2. The molecule has 6 aromatic rings. The van der Waals surface area contributed by atoms with E-state index in [9.17, 15) is 4.79 Å². The molecule has 0 unspecified atom stereocenters. The van der Waals surface area contributed by atoms with Crippen LogP contribution in [0.25, 0.3) is 22.2 Å².